The fraction of sp³-hybridized carbons (Fsp3) is 0.333. The summed E-state index contributed by atoms with van der Waals surface area (Å²) in [5.41, 5.74) is 1.04. The van der Waals surface area contributed by atoms with Crippen LogP contribution in [-0.4, -0.2) is 56.2 Å². The quantitative estimate of drug-likeness (QED) is 0.585. The first-order valence-electron chi connectivity index (χ1n) is 9.33. The molecule has 0 unspecified atom stereocenters. The van der Waals surface area contributed by atoms with Gasteiger partial charge in [0.15, 0.2) is 0 Å². The summed E-state index contributed by atoms with van der Waals surface area (Å²) < 4.78 is 31.6. The lowest BCUT2D eigenvalue weighted by Crippen LogP contribution is -2.36. The summed E-state index contributed by atoms with van der Waals surface area (Å²) in [6, 6.07) is 15.1. The molecule has 0 aliphatic carbocycles. The van der Waals surface area contributed by atoms with Gasteiger partial charge in [0, 0.05) is 25.2 Å². The van der Waals surface area contributed by atoms with Crippen molar-refractivity contribution in [3.05, 3.63) is 65.7 Å². The summed E-state index contributed by atoms with van der Waals surface area (Å²) in [6.45, 7) is 4.14. The van der Waals surface area contributed by atoms with Crippen molar-refractivity contribution in [2.45, 2.75) is 25.3 Å². The molecule has 2 aromatic rings. The molecule has 0 bridgehead atoms. The van der Waals surface area contributed by atoms with Crippen molar-refractivity contribution >= 4 is 21.9 Å². The maximum absolute atomic E-state index is 13.1. The van der Waals surface area contributed by atoms with E-state index in [1.54, 1.807) is 19.9 Å². The highest BCUT2D eigenvalue weighted by Crippen LogP contribution is 2.19. The Morgan fingerprint density at radius 3 is 2.21 bits per heavy atom. The van der Waals surface area contributed by atoms with Gasteiger partial charge in [0.1, 0.15) is 6.54 Å². The van der Waals surface area contributed by atoms with E-state index in [4.69, 9.17) is 4.74 Å². The lowest BCUT2D eigenvalue weighted by Gasteiger charge is -2.23. The molecule has 0 spiro atoms. The average molecular weight is 419 g/mol. The van der Waals surface area contributed by atoms with Crippen LogP contribution >= 0.6 is 0 Å². The van der Waals surface area contributed by atoms with Gasteiger partial charge in [-0.15, -0.1) is 0 Å². The number of esters is 1. The van der Waals surface area contributed by atoms with Gasteiger partial charge in [-0.2, -0.15) is 4.31 Å². The molecule has 0 saturated carbocycles. The van der Waals surface area contributed by atoms with Crippen LogP contribution in [0.3, 0.4) is 0 Å². The number of methoxy groups -OCH3 is 1. The topological polar surface area (TPSA) is 84.0 Å². The summed E-state index contributed by atoms with van der Waals surface area (Å²) in [5, 5.41) is 0. The Kier molecular flexibility index (Phi) is 7.92. The van der Waals surface area contributed by atoms with Gasteiger partial charge in [0.2, 0.25) is 10.0 Å². The maximum atomic E-state index is 13.1. The van der Waals surface area contributed by atoms with E-state index in [0.717, 1.165) is 5.56 Å². The Balaban J connectivity index is 2.36. The van der Waals surface area contributed by atoms with E-state index >= 15 is 0 Å². The zero-order chi connectivity index (χ0) is 21.4. The summed E-state index contributed by atoms with van der Waals surface area (Å²) in [5.74, 6) is -1.00. The number of amides is 1. The minimum atomic E-state index is -3.70. The van der Waals surface area contributed by atoms with Gasteiger partial charge in [0.05, 0.1) is 12.0 Å². The average Bonchev–Trinajstić information content (AvgIpc) is 2.74. The largest absolute Gasteiger partial charge is 0.468 e. The molecule has 0 aliphatic rings. The van der Waals surface area contributed by atoms with E-state index in [1.807, 2.05) is 30.3 Å². The SMILES string of the molecule is CCN(CC)S(=O)(=O)c1cccc(C(=O)N(CC(=O)OC)Cc2ccccc2)c1. The second kappa shape index (κ2) is 10.2. The first kappa shape index (κ1) is 22.6. The predicted molar refractivity (Wildman–Crippen MR) is 110 cm³/mol. The molecule has 8 heteroatoms. The van der Waals surface area contributed by atoms with Crippen LogP contribution in [0.4, 0.5) is 0 Å². The van der Waals surface area contributed by atoms with Gasteiger partial charge in [-0.05, 0) is 23.8 Å². The molecule has 0 aromatic heterocycles. The number of ether oxygens (including phenoxy) is 1. The second-order valence-corrected chi connectivity index (χ2v) is 8.28. The number of carbonyl (C=O) groups excluding carboxylic acids is 2. The van der Waals surface area contributed by atoms with Crippen molar-refractivity contribution in [2.24, 2.45) is 0 Å². The normalized spacial score (nSPS) is 11.3. The summed E-state index contributed by atoms with van der Waals surface area (Å²) in [7, 11) is -2.44. The van der Waals surface area contributed by atoms with Crippen LogP contribution in [0, 0.1) is 0 Å². The van der Waals surface area contributed by atoms with Gasteiger partial charge >= 0.3 is 5.97 Å². The first-order chi connectivity index (χ1) is 13.8. The van der Waals surface area contributed by atoms with Crippen LogP contribution in [0.25, 0.3) is 0 Å². The molecule has 0 saturated heterocycles. The third-order valence-corrected chi connectivity index (χ3v) is 6.52. The highest BCUT2D eigenvalue weighted by atomic mass is 32.2. The molecule has 2 aromatic carbocycles. The van der Waals surface area contributed by atoms with Crippen LogP contribution in [0.1, 0.15) is 29.8 Å². The van der Waals surface area contributed by atoms with E-state index in [2.05, 4.69) is 0 Å². The monoisotopic (exact) mass is 418 g/mol. The standard InChI is InChI=1S/C21H26N2O5S/c1-4-23(5-2)29(26,27)19-13-9-12-18(14-19)21(25)22(16-20(24)28-3)15-17-10-7-6-8-11-17/h6-14H,4-5,15-16H2,1-3H3. The number of hydrogen-bond donors (Lipinski definition) is 0. The Morgan fingerprint density at radius 1 is 0.966 bits per heavy atom. The zero-order valence-electron chi connectivity index (χ0n) is 16.9. The maximum Gasteiger partial charge on any atom is 0.325 e. The lowest BCUT2D eigenvalue weighted by molar-refractivity contribution is -0.141. The van der Waals surface area contributed by atoms with E-state index < -0.39 is 21.9 Å². The van der Waals surface area contributed by atoms with Crippen molar-refractivity contribution in [2.75, 3.05) is 26.7 Å². The van der Waals surface area contributed by atoms with E-state index in [0.29, 0.717) is 13.1 Å². The van der Waals surface area contributed by atoms with E-state index in [-0.39, 0.29) is 23.5 Å². The van der Waals surface area contributed by atoms with Crippen LogP contribution in [0.15, 0.2) is 59.5 Å². The molecular formula is C21H26N2O5S. The Bertz CT molecular complexity index is 941. The molecule has 0 fully saturated rings. The highest BCUT2D eigenvalue weighted by Gasteiger charge is 2.25. The Hall–Kier alpha value is -2.71. The number of sulfonamides is 1. The van der Waals surface area contributed by atoms with Crippen LogP contribution < -0.4 is 0 Å². The van der Waals surface area contributed by atoms with Crippen LogP contribution in [0.2, 0.25) is 0 Å². The number of carbonyl (C=O) groups is 2. The van der Waals surface area contributed by atoms with Crippen LogP contribution in [-0.2, 0) is 26.1 Å². The van der Waals surface area contributed by atoms with Crippen molar-refractivity contribution in [1.82, 2.24) is 9.21 Å². The minimum absolute atomic E-state index is 0.0461. The smallest absolute Gasteiger partial charge is 0.325 e. The number of nitrogens with zero attached hydrogens (tertiary/aromatic N) is 2. The minimum Gasteiger partial charge on any atom is -0.468 e. The molecule has 0 aliphatic heterocycles. The fourth-order valence-electron chi connectivity index (χ4n) is 2.91. The molecule has 0 heterocycles. The van der Waals surface area contributed by atoms with Gasteiger partial charge < -0.3 is 9.64 Å². The number of benzene rings is 2. The van der Waals surface area contributed by atoms with Gasteiger partial charge in [-0.3, -0.25) is 9.59 Å². The van der Waals surface area contributed by atoms with Gasteiger partial charge in [0.25, 0.3) is 5.91 Å². The van der Waals surface area contributed by atoms with Crippen molar-refractivity contribution in [3.63, 3.8) is 0 Å². The summed E-state index contributed by atoms with van der Waals surface area (Å²) in [6.07, 6.45) is 0. The van der Waals surface area contributed by atoms with E-state index in [9.17, 15) is 18.0 Å². The fourth-order valence-corrected chi connectivity index (χ4v) is 4.41. The zero-order valence-corrected chi connectivity index (χ0v) is 17.7. The van der Waals surface area contributed by atoms with Crippen molar-refractivity contribution in [1.29, 1.82) is 0 Å². The lowest BCUT2D eigenvalue weighted by atomic mass is 10.1. The summed E-state index contributed by atoms with van der Waals surface area (Å²) in [4.78, 5) is 26.3. The van der Waals surface area contributed by atoms with Gasteiger partial charge in [-0.1, -0.05) is 50.2 Å². The molecule has 29 heavy (non-hydrogen) atoms. The highest BCUT2D eigenvalue weighted by molar-refractivity contribution is 7.89. The third kappa shape index (κ3) is 5.65. The molecule has 0 atom stereocenters. The number of rotatable bonds is 9. The molecular weight excluding hydrogens is 392 g/mol. The van der Waals surface area contributed by atoms with Gasteiger partial charge in [-0.25, -0.2) is 8.42 Å². The first-order valence-corrected chi connectivity index (χ1v) is 10.8. The third-order valence-electron chi connectivity index (χ3n) is 4.48. The summed E-state index contributed by atoms with van der Waals surface area (Å²) >= 11 is 0. The molecule has 0 radical (unpaired) electrons. The number of hydrogen-bond acceptors (Lipinski definition) is 5. The molecule has 1 amide bonds. The van der Waals surface area contributed by atoms with Crippen molar-refractivity contribution < 1.29 is 22.7 Å². The van der Waals surface area contributed by atoms with Crippen LogP contribution in [0.5, 0.6) is 0 Å². The molecule has 2 rings (SSSR count). The predicted octanol–water partition coefficient (Wildman–Crippen LogP) is 2.53. The molecule has 156 valence electrons. The molecule has 7 nitrogen and oxygen atoms in total. The van der Waals surface area contributed by atoms with E-state index in [1.165, 1.54) is 34.5 Å². The second-order valence-electron chi connectivity index (χ2n) is 6.34. The Labute approximate surface area is 171 Å². The Morgan fingerprint density at radius 2 is 1.62 bits per heavy atom. The molecule has 0 N–H and O–H groups in total. The van der Waals surface area contributed by atoms with Crippen molar-refractivity contribution in [3.8, 4) is 0 Å².